The van der Waals surface area contributed by atoms with E-state index in [2.05, 4.69) is 10.6 Å². The molecule has 0 spiro atoms. The van der Waals surface area contributed by atoms with Gasteiger partial charge in [0.25, 0.3) is 5.91 Å². The molecule has 0 saturated carbocycles. The van der Waals surface area contributed by atoms with E-state index in [1.807, 2.05) is 6.92 Å². The van der Waals surface area contributed by atoms with E-state index in [9.17, 15) is 18.0 Å². The molecule has 2 amide bonds. The van der Waals surface area contributed by atoms with Crippen molar-refractivity contribution in [1.82, 2.24) is 5.32 Å². The number of carbonyl (C=O) groups is 2. The number of anilines is 1. The second kappa shape index (κ2) is 9.86. The normalized spacial score (nSPS) is 10.9. The zero-order valence-electron chi connectivity index (χ0n) is 15.5. The molecule has 2 rings (SSSR count). The molecule has 150 valence electrons. The standard InChI is InChI=1S/C19H23N3O5S/c1-2-27-17-10-4-3-9-16(17)19(24)21-12-6-11-18(23)22-14-7-5-8-15(13-14)28(20,25)26/h3-5,7-10,13H,2,6,11-12H2,1H3,(H,21,24)(H,22,23)(H2,20,25,26). The van der Waals surface area contributed by atoms with Crippen molar-refractivity contribution in [3.63, 3.8) is 0 Å². The zero-order chi connectivity index (χ0) is 20.6. The molecule has 0 atom stereocenters. The van der Waals surface area contributed by atoms with E-state index in [1.165, 1.54) is 18.2 Å². The number of hydrogen-bond acceptors (Lipinski definition) is 5. The molecule has 0 heterocycles. The molecule has 0 aliphatic heterocycles. The van der Waals surface area contributed by atoms with Crippen LogP contribution in [0.2, 0.25) is 0 Å². The van der Waals surface area contributed by atoms with Gasteiger partial charge in [-0.15, -0.1) is 0 Å². The van der Waals surface area contributed by atoms with Crippen LogP contribution in [0.4, 0.5) is 5.69 Å². The van der Waals surface area contributed by atoms with Gasteiger partial charge in [0.2, 0.25) is 15.9 Å². The summed E-state index contributed by atoms with van der Waals surface area (Å²) in [5.41, 5.74) is 0.778. The van der Waals surface area contributed by atoms with Gasteiger partial charge >= 0.3 is 0 Å². The fourth-order valence-electron chi connectivity index (χ4n) is 2.46. The summed E-state index contributed by atoms with van der Waals surface area (Å²) in [6, 6.07) is 12.6. The number of benzene rings is 2. The second-order valence-electron chi connectivity index (χ2n) is 5.91. The molecular formula is C19H23N3O5S. The van der Waals surface area contributed by atoms with Crippen LogP contribution in [0.5, 0.6) is 5.75 Å². The molecule has 0 aliphatic carbocycles. The van der Waals surface area contributed by atoms with Gasteiger partial charge in [-0.3, -0.25) is 9.59 Å². The molecule has 8 nitrogen and oxygen atoms in total. The average Bonchev–Trinajstić information content (AvgIpc) is 2.65. The Balaban J connectivity index is 1.81. The smallest absolute Gasteiger partial charge is 0.255 e. The number of rotatable bonds is 9. The molecule has 0 aromatic heterocycles. The van der Waals surface area contributed by atoms with Crippen LogP contribution in [0.1, 0.15) is 30.1 Å². The SMILES string of the molecule is CCOc1ccccc1C(=O)NCCCC(=O)Nc1cccc(S(N)(=O)=O)c1. The highest BCUT2D eigenvalue weighted by molar-refractivity contribution is 7.89. The maximum absolute atomic E-state index is 12.2. The van der Waals surface area contributed by atoms with Crippen molar-refractivity contribution in [2.45, 2.75) is 24.7 Å². The molecule has 4 N–H and O–H groups in total. The van der Waals surface area contributed by atoms with Crippen molar-refractivity contribution < 1.29 is 22.7 Å². The van der Waals surface area contributed by atoms with E-state index < -0.39 is 10.0 Å². The lowest BCUT2D eigenvalue weighted by atomic mass is 10.2. The maximum Gasteiger partial charge on any atom is 0.255 e. The van der Waals surface area contributed by atoms with E-state index in [1.54, 1.807) is 30.3 Å². The van der Waals surface area contributed by atoms with Gasteiger partial charge in [-0.05, 0) is 43.7 Å². The molecule has 28 heavy (non-hydrogen) atoms. The minimum absolute atomic E-state index is 0.0782. The molecule has 0 radical (unpaired) electrons. The van der Waals surface area contributed by atoms with Crippen LogP contribution < -0.4 is 20.5 Å². The van der Waals surface area contributed by atoms with Gasteiger partial charge in [0.05, 0.1) is 17.1 Å². The zero-order valence-corrected chi connectivity index (χ0v) is 16.3. The van der Waals surface area contributed by atoms with Gasteiger partial charge < -0.3 is 15.4 Å². The molecule has 0 bridgehead atoms. The highest BCUT2D eigenvalue weighted by atomic mass is 32.2. The van der Waals surface area contributed by atoms with Gasteiger partial charge in [-0.2, -0.15) is 0 Å². The Hall–Kier alpha value is -2.91. The maximum atomic E-state index is 12.2. The van der Waals surface area contributed by atoms with E-state index in [0.717, 1.165) is 0 Å². The summed E-state index contributed by atoms with van der Waals surface area (Å²) < 4.78 is 28.1. The van der Waals surface area contributed by atoms with Crippen LogP contribution >= 0.6 is 0 Å². The number of nitrogens with one attached hydrogen (secondary N) is 2. The summed E-state index contributed by atoms with van der Waals surface area (Å²) in [6.45, 7) is 2.60. The van der Waals surface area contributed by atoms with E-state index in [0.29, 0.717) is 36.6 Å². The van der Waals surface area contributed by atoms with E-state index in [-0.39, 0.29) is 23.1 Å². The molecule has 0 aliphatic rings. The third kappa shape index (κ3) is 6.36. The van der Waals surface area contributed by atoms with Gasteiger partial charge in [0.1, 0.15) is 5.75 Å². The van der Waals surface area contributed by atoms with Crippen LogP contribution in [0.3, 0.4) is 0 Å². The second-order valence-corrected chi connectivity index (χ2v) is 7.47. The molecular weight excluding hydrogens is 382 g/mol. The van der Waals surface area contributed by atoms with Crippen molar-refractivity contribution >= 4 is 27.5 Å². The Kier molecular flexibility index (Phi) is 7.53. The van der Waals surface area contributed by atoms with Gasteiger partial charge in [-0.1, -0.05) is 18.2 Å². The van der Waals surface area contributed by atoms with E-state index in [4.69, 9.17) is 9.88 Å². The number of hydrogen-bond donors (Lipinski definition) is 3. The average molecular weight is 405 g/mol. The lowest BCUT2D eigenvalue weighted by Gasteiger charge is -2.10. The Bertz CT molecular complexity index is 944. The summed E-state index contributed by atoms with van der Waals surface area (Å²) >= 11 is 0. The molecule has 2 aromatic carbocycles. The number of sulfonamides is 1. The lowest BCUT2D eigenvalue weighted by molar-refractivity contribution is -0.116. The largest absolute Gasteiger partial charge is 0.493 e. The topological polar surface area (TPSA) is 128 Å². The number of amides is 2. The number of primary sulfonamides is 1. The molecule has 0 unspecified atom stereocenters. The summed E-state index contributed by atoms with van der Waals surface area (Å²) in [5.74, 6) is -0.0594. The quantitative estimate of drug-likeness (QED) is 0.549. The van der Waals surface area contributed by atoms with E-state index >= 15 is 0 Å². The minimum Gasteiger partial charge on any atom is -0.493 e. The summed E-state index contributed by atoms with van der Waals surface area (Å²) in [4.78, 5) is 24.2. The van der Waals surface area contributed by atoms with Crippen molar-refractivity contribution in [1.29, 1.82) is 0 Å². The Morgan fingerprint density at radius 3 is 2.57 bits per heavy atom. The predicted octanol–water partition coefficient (Wildman–Crippen LogP) is 1.88. The van der Waals surface area contributed by atoms with Crippen molar-refractivity contribution in [2.75, 3.05) is 18.5 Å². The van der Waals surface area contributed by atoms with Crippen LogP contribution in [0.15, 0.2) is 53.4 Å². The fourth-order valence-corrected chi connectivity index (χ4v) is 3.02. The van der Waals surface area contributed by atoms with Crippen LogP contribution in [0.25, 0.3) is 0 Å². The number of ether oxygens (including phenoxy) is 1. The van der Waals surface area contributed by atoms with Gasteiger partial charge in [0.15, 0.2) is 0 Å². The number of carbonyl (C=O) groups excluding carboxylic acids is 2. The minimum atomic E-state index is -3.83. The van der Waals surface area contributed by atoms with Crippen LogP contribution in [0, 0.1) is 0 Å². The third-order valence-electron chi connectivity index (χ3n) is 3.74. The highest BCUT2D eigenvalue weighted by Crippen LogP contribution is 2.18. The number of nitrogens with two attached hydrogens (primary N) is 1. The Morgan fingerprint density at radius 1 is 1.11 bits per heavy atom. The summed E-state index contributed by atoms with van der Waals surface area (Å²) in [6.07, 6.45) is 0.580. The van der Waals surface area contributed by atoms with Crippen molar-refractivity contribution in [3.8, 4) is 5.75 Å². The first-order valence-electron chi connectivity index (χ1n) is 8.74. The Morgan fingerprint density at radius 2 is 1.86 bits per heavy atom. The van der Waals surface area contributed by atoms with Gasteiger partial charge in [0, 0.05) is 18.7 Å². The first-order chi connectivity index (χ1) is 13.3. The fraction of sp³-hybridized carbons (Fsp3) is 0.263. The summed E-state index contributed by atoms with van der Waals surface area (Å²) in [7, 11) is -3.83. The first kappa shape index (κ1) is 21.4. The summed E-state index contributed by atoms with van der Waals surface area (Å²) in [5, 5.41) is 10.4. The molecule has 0 fully saturated rings. The highest BCUT2D eigenvalue weighted by Gasteiger charge is 2.12. The molecule has 9 heteroatoms. The van der Waals surface area contributed by atoms with Gasteiger partial charge in [-0.25, -0.2) is 13.6 Å². The Labute approximate surface area is 164 Å². The first-order valence-corrected chi connectivity index (χ1v) is 10.3. The van der Waals surface area contributed by atoms with Crippen LogP contribution in [-0.2, 0) is 14.8 Å². The lowest BCUT2D eigenvalue weighted by Crippen LogP contribution is -2.26. The number of para-hydroxylation sites is 1. The monoisotopic (exact) mass is 405 g/mol. The van der Waals surface area contributed by atoms with Crippen LogP contribution in [-0.4, -0.2) is 33.4 Å². The molecule has 0 saturated heterocycles. The third-order valence-corrected chi connectivity index (χ3v) is 4.66. The van der Waals surface area contributed by atoms with Crippen molar-refractivity contribution in [2.24, 2.45) is 5.14 Å². The van der Waals surface area contributed by atoms with Crippen molar-refractivity contribution in [3.05, 3.63) is 54.1 Å². The predicted molar refractivity (Wildman–Crippen MR) is 106 cm³/mol. The molecule has 2 aromatic rings.